The molecule has 0 radical (unpaired) electrons. The molecule has 0 aliphatic carbocycles. The van der Waals surface area contributed by atoms with Crippen LogP contribution in [0, 0.1) is 5.82 Å². The number of nitrogens with zero attached hydrogens (tertiary/aromatic N) is 3. The highest BCUT2D eigenvalue weighted by Crippen LogP contribution is 2.26. The lowest BCUT2D eigenvalue weighted by atomic mass is 10.2. The highest BCUT2D eigenvalue weighted by Gasteiger charge is 2.12. The van der Waals surface area contributed by atoms with Gasteiger partial charge in [0.05, 0.1) is 0 Å². The Morgan fingerprint density at radius 1 is 1.00 bits per heavy atom. The first kappa shape index (κ1) is 14.8. The zero-order valence-electron chi connectivity index (χ0n) is 12.2. The molecule has 0 atom stereocenters. The van der Waals surface area contributed by atoms with E-state index in [0.717, 1.165) is 34.4 Å². The van der Waals surface area contributed by atoms with Gasteiger partial charge >= 0.3 is 0 Å². The summed E-state index contributed by atoms with van der Waals surface area (Å²) >= 11 is 1.61. The van der Waals surface area contributed by atoms with Gasteiger partial charge in [0.25, 0.3) is 0 Å². The van der Waals surface area contributed by atoms with Gasteiger partial charge in [-0.2, -0.15) is 0 Å². The van der Waals surface area contributed by atoms with Gasteiger partial charge in [-0.1, -0.05) is 54.2 Å². The maximum absolute atomic E-state index is 12.9. The highest BCUT2D eigenvalue weighted by molar-refractivity contribution is 7.98. The average Bonchev–Trinajstić information content (AvgIpc) is 2.98. The second-order valence-electron chi connectivity index (χ2n) is 4.83. The molecule has 0 spiro atoms. The second-order valence-corrected chi connectivity index (χ2v) is 5.77. The van der Waals surface area contributed by atoms with Crippen LogP contribution >= 0.6 is 11.8 Å². The molecule has 0 unspecified atom stereocenters. The molecule has 0 fully saturated rings. The summed E-state index contributed by atoms with van der Waals surface area (Å²) < 4.78 is 15.0. The third kappa shape index (κ3) is 3.20. The van der Waals surface area contributed by atoms with Crippen LogP contribution < -0.4 is 0 Å². The lowest BCUT2D eigenvalue weighted by molar-refractivity contribution is 0.627. The van der Waals surface area contributed by atoms with Gasteiger partial charge in [0.15, 0.2) is 11.0 Å². The second kappa shape index (κ2) is 6.75. The molecule has 3 rings (SSSR count). The summed E-state index contributed by atoms with van der Waals surface area (Å²) in [6.45, 7) is 2.89. The van der Waals surface area contributed by atoms with Gasteiger partial charge in [0.2, 0.25) is 0 Å². The average molecular weight is 313 g/mol. The van der Waals surface area contributed by atoms with Crippen LogP contribution in [0.1, 0.15) is 12.5 Å². The number of thioether (sulfide) groups is 1. The van der Waals surface area contributed by atoms with Crippen molar-refractivity contribution >= 4 is 11.8 Å². The Morgan fingerprint density at radius 2 is 1.73 bits per heavy atom. The Morgan fingerprint density at radius 3 is 2.41 bits per heavy atom. The maximum atomic E-state index is 12.9. The van der Waals surface area contributed by atoms with Crippen molar-refractivity contribution in [2.24, 2.45) is 0 Å². The van der Waals surface area contributed by atoms with Crippen LogP contribution in [0.5, 0.6) is 0 Å². The number of benzene rings is 2. The SMILES string of the molecule is CCn1c(SCc2ccc(F)cc2)nnc1-c1ccccc1. The molecule has 0 aliphatic rings. The van der Waals surface area contributed by atoms with E-state index >= 15 is 0 Å². The molecule has 1 aromatic heterocycles. The summed E-state index contributed by atoms with van der Waals surface area (Å²) in [5.41, 5.74) is 2.13. The predicted molar refractivity (Wildman–Crippen MR) is 87.1 cm³/mol. The highest BCUT2D eigenvalue weighted by atomic mass is 32.2. The van der Waals surface area contributed by atoms with E-state index in [4.69, 9.17) is 0 Å². The van der Waals surface area contributed by atoms with E-state index in [1.54, 1.807) is 23.9 Å². The fourth-order valence-electron chi connectivity index (χ4n) is 2.21. The van der Waals surface area contributed by atoms with Crippen LogP contribution in [-0.2, 0) is 12.3 Å². The summed E-state index contributed by atoms with van der Waals surface area (Å²) in [4.78, 5) is 0. The Bertz CT molecular complexity index is 738. The zero-order chi connectivity index (χ0) is 15.4. The van der Waals surface area contributed by atoms with E-state index in [9.17, 15) is 4.39 Å². The standard InChI is InChI=1S/C17H16FN3S/c1-2-21-16(14-6-4-3-5-7-14)19-20-17(21)22-12-13-8-10-15(18)11-9-13/h3-11H,2,12H2,1H3. The largest absolute Gasteiger partial charge is 0.302 e. The Kier molecular flexibility index (Phi) is 4.53. The molecule has 2 aromatic carbocycles. The van der Waals surface area contributed by atoms with E-state index in [1.165, 1.54) is 12.1 Å². The summed E-state index contributed by atoms with van der Waals surface area (Å²) in [6, 6.07) is 16.6. The van der Waals surface area contributed by atoms with Crippen molar-refractivity contribution < 1.29 is 4.39 Å². The maximum Gasteiger partial charge on any atom is 0.191 e. The smallest absolute Gasteiger partial charge is 0.191 e. The molecule has 112 valence electrons. The van der Waals surface area contributed by atoms with Crippen molar-refractivity contribution in [1.29, 1.82) is 0 Å². The molecule has 0 saturated heterocycles. The number of rotatable bonds is 5. The van der Waals surface area contributed by atoms with Crippen LogP contribution in [0.15, 0.2) is 59.8 Å². The fraction of sp³-hybridized carbons (Fsp3) is 0.176. The molecule has 5 heteroatoms. The van der Waals surface area contributed by atoms with Crippen molar-refractivity contribution in [2.45, 2.75) is 24.4 Å². The van der Waals surface area contributed by atoms with E-state index in [-0.39, 0.29) is 5.82 Å². The van der Waals surface area contributed by atoms with Crippen LogP contribution in [0.4, 0.5) is 4.39 Å². The first-order chi connectivity index (χ1) is 10.8. The number of aromatic nitrogens is 3. The quantitative estimate of drug-likeness (QED) is 0.654. The summed E-state index contributed by atoms with van der Waals surface area (Å²) in [5.74, 6) is 1.41. The number of halogens is 1. The first-order valence-electron chi connectivity index (χ1n) is 7.14. The molecular formula is C17H16FN3S. The topological polar surface area (TPSA) is 30.7 Å². The predicted octanol–water partition coefficient (Wildman–Crippen LogP) is 4.40. The van der Waals surface area contributed by atoms with Gasteiger partial charge in [-0.15, -0.1) is 10.2 Å². The Labute approximate surface area is 133 Å². The van der Waals surface area contributed by atoms with Crippen LogP contribution in [0.3, 0.4) is 0 Å². The van der Waals surface area contributed by atoms with Crippen LogP contribution in [0.2, 0.25) is 0 Å². The van der Waals surface area contributed by atoms with E-state index in [1.807, 2.05) is 30.3 Å². The number of hydrogen-bond acceptors (Lipinski definition) is 3. The van der Waals surface area contributed by atoms with Gasteiger partial charge < -0.3 is 4.57 Å². The molecule has 0 amide bonds. The minimum Gasteiger partial charge on any atom is -0.302 e. The summed E-state index contributed by atoms with van der Waals surface area (Å²) in [7, 11) is 0. The lowest BCUT2D eigenvalue weighted by Crippen LogP contribution is -1.99. The fourth-order valence-corrected chi connectivity index (χ4v) is 3.17. The molecule has 0 aliphatic heterocycles. The van der Waals surface area contributed by atoms with Crippen molar-refractivity contribution in [1.82, 2.24) is 14.8 Å². The lowest BCUT2D eigenvalue weighted by Gasteiger charge is -2.07. The Balaban J connectivity index is 1.80. The van der Waals surface area contributed by atoms with E-state index in [0.29, 0.717) is 0 Å². The third-order valence-corrected chi connectivity index (χ3v) is 4.38. The summed E-state index contributed by atoms with van der Waals surface area (Å²) in [6.07, 6.45) is 0. The van der Waals surface area contributed by atoms with Crippen LogP contribution in [0.25, 0.3) is 11.4 Å². The minimum absolute atomic E-state index is 0.211. The van der Waals surface area contributed by atoms with Gasteiger partial charge in [-0.25, -0.2) is 4.39 Å². The van der Waals surface area contributed by atoms with Crippen molar-refractivity contribution in [3.63, 3.8) is 0 Å². The molecule has 3 nitrogen and oxygen atoms in total. The normalized spacial score (nSPS) is 10.8. The monoisotopic (exact) mass is 313 g/mol. The number of hydrogen-bond donors (Lipinski definition) is 0. The van der Waals surface area contributed by atoms with Gasteiger partial charge in [-0.3, -0.25) is 0 Å². The summed E-state index contributed by atoms with van der Waals surface area (Å²) in [5, 5.41) is 9.49. The van der Waals surface area contributed by atoms with Crippen LogP contribution in [-0.4, -0.2) is 14.8 Å². The third-order valence-electron chi connectivity index (χ3n) is 3.35. The molecule has 1 heterocycles. The Hall–Kier alpha value is -2.14. The molecular weight excluding hydrogens is 297 g/mol. The molecule has 3 aromatic rings. The van der Waals surface area contributed by atoms with Gasteiger partial charge in [0, 0.05) is 17.9 Å². The minimum atomic E-state index is -0.211. The molecule has 22 heavy (non-hydrogen) atoms. The first-order valence-corrected chi connectivity index (χ1v) is 8.12. The van der Waals surface area contributed by atoms with Crippen molar-refractivity contribution in [3.05, 3.63) is 66.0 Å². The van der Waals surface area contributed by atoms with E-state index in [2.05, 4.69) is 21.7 Å². The van der Waals surface area contributed by atoms with Gasteiger partial charge in [0.1, 0.15) is 5.82 Å². The van der Waals surface area contributed by atoms with Gasteiger partial charge in [-0.05, 0) is 24.6 Å². The van der Waals surface area contributed by atoms with Crippen molar-refractivity contribution in [2.75, 3.05) is 0 Å². The zero-order valence-corrected chi connectivity index (χ0v) is 13.1. The van der Waals surface area contributed by atoms with E-state index < -0.39 is 0 Å². The molecule has 0 N–H and O–H groups in total. The molecule has 0 saturated carbocycles. The molecule has 0 bridgehead atoms. The van der Waals surface area contributed by atoms with Crippen molar-refractivity contribution in [3.8, 4) is 11.4 Å².